The minimum absolute atomic E-state index is 0.0112. The number of nitrogens with one attached hydrogen (secondary N) is 4. The summed E-state index contributed by atoms with van der Waals surface area (Å²) < 4.78 is 53.5. The average Bonchev–Trinajstić information content (AvgIpc) is 1.62. The van der Waals surface area contributed by atoms with Crippen molar-refractivity contribution in [3.63, 3.8) is 0 Å². The normalized spacial score (nSPS) is 16.7. The molecule has 1 aliphatic heterocycles. The van der Waals surface area contributed by atoms with Crippen LogP contribution in [0.15, 0.2) is 146 Å². The van der Waals surface area contributed by atoms with Gasteiger partial charge in [-0.1, -0.05) is 147 Å². The van der Waals surface area contributed by atoms with E-state index >= 15 is 14.4 Å². The Kier molecular flexibility index (Phi) is 22.3. The molecule has 0 spiro atoms. The fraction of sp³-hybridized carbons (Fsp3) is 0.408. The third kappa shape index (κ3) is 18.4. The molecule has 2 heterocycles. The number of fused-ring (bicyclic) bond motifs is 4. The van der Waals surface area contributed by atoms with E-state index in [2.05, 4.69) is 61.2 Å². The van der Waals surface area contributed by atoms with E-state index in [9.17, 15) is 27.6 Å². The molecule has 6 aromatic carbocycles. The number of carbonyl (C=O) groups excluding carboxylic acids is 7. The Morgan fingerprint density at radius 3 is 1.95 bits per heavy atom. The second kappa shape index (κ2) is 30.8. The molecule has 3 aliphatic rings. The quantitative estimate of drug-likeness (QED) is 0.0349. The first-order valence-corrected chi connectivity index (χ1v) is 35.0. The Morgan fingerprint density at radius 2 is 1.32 bits per heavy atom. The molecule has 4 N–H and O–H groups in total. The molecule has 2 fully saturated rings. The number of benzene rings is 6. The van der Waals surface area contributed by atoms with Crippen LogP contribution in [0.5, 0.6) is 11.5 Å². The second-order valence-corrected chi connectivity index (χ2v) is 30.0. The maximum atomic E-state index is 15.5. The average molecular weight is 1370 g/mol. The van der Waals surface area contributed by atoms with Crippen LogP contribution in [-0.4, -0.2) is 143 Å². The second-order valence-electron chi connectivity index (χ2n) is 28.0. The lowest BCUT2D eigenvalue weighted by atomic mass is 9.85. The molecule has 1 saturated carbocycles. The van der Waals surface area contributed by atoms with Crippen molar-refractivity contribution in [3.05, 3.63) is 179 Å². The van der Waals surface area contributed by atoms with Crippen molar-refractivity contribution in [1.82, 2.24) is 45.5 Å². The first-order valence-electron chi connectivity index (χ1n) is 33.4. The van der Waals surface area contributed by atoms with Gasteiger partial charge in [-0.2, -0.15) is 0 Å². The zero-order chi connectivity index (χ0) is 70.9. The highest BCUT2D eigenvalue weighted by molar-refractivity contribution is 7.90. The molecule has 0 unspecified atom stereocenters. The Hall–Kier alpha value is -10.1. The highest BCUT2D eigenvalue weighted by Gasteiger charge is 2.47. The molecule has 1 aromatic heterocycles. The molecule has 0 radical (unpaired) electrons. The van der Waals surface area contributed by atoms with Crippen LogP contribution >= 0.6 is 0 Å². The Morgan fingerprint density at radius 1 is 0.717 bits per heavy atom. The summed E-state index contributed by atoms with van der Waals surface area (Å²) in [4.78, 5) is 103. The molecule has 6 amide bonds. The SMILES string of the molecule is C#CCOc1ccc(C[C@H](CC(=O)[C@H](Cc2ccc3ccccc3c2)NC(=O)[C@@H]2C[C@H](n3cc(COc4ccc(C[C@@H](C)NC(=O)OCC5c6ccccc6-c6ccccc65)cc4)nn3)CN2C(=O)[C@@H](NC(=O)[C@H](C)N(C)C(=O)OC(C)(C)C)C(C)(C)C)C(=O)NS(=O)(=O)C2CC2)cc1. The molecule has 22 nitrogen and oxygen atoms in total. The molecule has 7 aromatic rings. The van der Waals surface area contributed by atoms with E-state index in [-0.39, 0.29) is 57.6 Å². The summed E-state index contributed by atoms with van der Waals surface area (Å²) in [6, 6.07) is 37.8. The lowest BCUT2D eigenvalue weighted by Crippen LogP contribution is -2.60. The van der Waals surface area contributed by atoms with Crippen molar-refractivity contribution in [2.45, 2.75) is 160 Å². The predicted molar refractivity (Wildman–Crippen MR) is 373 cm³/mol. The Bertz CT molecular complexity index is 4220. The van der Waals surface area contributed by atoms with E-state index in [0.29, 0.717) is 47.6 Å². The summed E-state index contributed by atoms with van der Waals surface area (Å²) in [6.07, 6.45) is 6.43. The molecule has 7 atom stereocenters. The van der Waals surface area contributed by atoms with Crippen LogP contribution < -0.4 is 30.1 Å². The van der Waals surface area contributed by atoms with Gasteiger partial charge in [-0.25, -0.2) is 22.7 Å². The van der Waals surface area contributed by atoms with E-state index in [1.165, 1.54) is 18.9 Å². The number of likely N-dealkylation sites (tertiary alicyclic amines) is 1. The van der Waals surface area contributed by atoms with Gasteiger partial charge >= 0.3 is 12.2 Å². The summed E-state index contributed by atoms with van der Waals surface area (Å²) in [7, 11) is -2.64. The number of Topliss-reactive ketones (excluding diaryl/α,β-unsaturated/α-hetero) is 1. The van der Waals surface area contributed by atoms with Gasteiger partial charge in [-0.05, 0) is 146 Å². The molecular weight excluding hydrogens is 1280 g/mol. The first-order chi connectivity index (χ1) is 47.1. The molecule has 23 heteroatoms. The molecule has 2 aliphatic carbocycles. The summed E-state index contributed by atoms with van der Waals surface area (Å²) in [5.74, 6) is -1.38. The van der Waals surface area contributed by atoms with Crippen molar-refractivity contribution in [3.8, 4) is 35.0 Å². The van der Waals surface area contributed by atoms with Gasteiger partial charge < -0.3 is 39.8 Å². The number of likely N-dealkylation sites (N-methyl/N-ethyl adjacent to an activating group) is 1. The minimum atomic E-state index is -4.06. The zero-order valence-electron chi connectivity index (χ0n) is 57.4. The summed E-state index contributed by atoms with van der Waals surface area (Å²) in [5, 5.41) is 18.8. The monoisotopic (exact) mass is 1370 g/mol. The third-order valence-electron chi connectivity index (χ3n) is 18.1. The Balaban J connectivity index is 0.865. The van der Waals surface area contributed by atoms with E-state index in [1.807, 2.05) is 97.9 Å². The highest BCUT2D eigenvalue weighted by atomic mass is 32.2. The van der Waals surface area contributed by atoms with E-state index in [1.54, 1.807) is 76.7 Å². The zero-order valence-corrected chi connectivity index (χ0v) is 58.2. The smallest absolute Gasteiger partial charge is 0.410 e. The number of ether oxygens (including phenoxy) is 4. The largest absolute Gasteiger partial charge is 0.487 e. The van der Waals surface area contributed by atoms with Crippen LogP contribution in [0.1, 0.15) is 127 Å². The van der Waals surface area contributed by atoms with E-state index < -0.39 is 110 Å². The molecule has 10 rings (SSSR count). The van der Waals surface area contributed by atoms with Crippen molar-refractivity contribution in [1.29, 1.82) is 0 Å². The van der Waals surface area contributed by atoms with Crippen molar-refractivity contribution >= 4 is 62.4 Å². The molecule has 1 saturated heterocycles. The van der Waals surface area contributed by atoms with Crippen molar-refractivity contribution in [2.75, 3.05) is 26.8 Å². The molecular formula is C76H87N9O13S. The molecule has 520 valence electrons. The molecule has 99 heavy (non-hydrogen) atoms. The van der Waals surface area contributed by atoms with Crippen molar-refractivity contribution < 1.29 is 60.9 Å². The lowest BCUT2D eigenvalue weighted by molar-refractivity contribution is -0.145. The van der Waals surface area contributed by atoms with Crippen LogP contribution in [0.25, 0.3) is 21.9 Å². The van der Waals surface area contributed by atoms with Gasteiger partial charge in [0.25, 0.3) is 0 Å². The highest BCUT2D eigenvalue weighted by Crippen LogP contribution is 2.45. The number of alkyl carbamates (subject to hydrolysis) is 1. The van der Waals surface area contributed by atoms with E-state index in [4.69, 9.17) is 25.4 Å². The number of nitrogens with zero attached hydrogens (tertiary/aromatic N) is 5. The maximum absolute atomic E-state index is 15.5. The summed E-state index contributed by atoms with van der Waals surface area (Å²) in [6.45, 7) is 13.9. The van der Waals surface area contributed by atoms with Gasteiger partial charge in [0.05, 0.1) is 23.5 Å². The number of aromatic nitrogens is 3. The van der Waals surface area contributed by atoms with Crippen molar-refractivity contribution in [2.24, 2.45) is 11.3 Å². The predicted octanol–water partition coefficient (Wildman–Crippen LogP) is 9.57. The summed E-state index contributed by atoms with van der Waals surface area (Å²) >= 11 is 0. The number of hydrogen-bond acceptors (Lipinski definition) is 15. The number of amides is 6. The lowest BCUT2D eigenvalue weighted by Gasteiger charge is -2.37. The standard InChI is InChI=1S/C76H87N9O13S/c1-11-36-95-57-30-27-50(28-31-57)38-54(70(88)81-99(93,94)59-34-35-59)41-67(86)65(40-51-24-29-52-18-12-13-19-53(52)39-51)78-71(89)66-42-56(44-84(66)72(90)68(75(4,5)6)79-69(87)48(3)83(10)74(92)98-76(7,8)9)85-43-55(80-82-85)45-96-58-32-25-49(26-33-58)37-47(2)77-73(91)97-46-64-62-22-16-14-20-60(62)61-21-15-17-23-63(61)64/h1,12-33,39,43,47-48,54,56,59,64-66,68H,34-38,40-42,44-46H2,2-10H3,(H,77,91)(H,78,89)(H,79,87)(H,81,88)/t47-,48+,54-,56+,65+,66+,68-/m1/s1. The number of hydrogen-bond donors (Lipinski definition) is 4. The summed E-state index contributed by atoms with van der Waals surface area (Å²) in [5.41, 5.74) is 5.32. The Labute approximate surface area is 578 Å². The third-order valence-corrected chi connectivity index (χ3v) is 19.9. The van der Waals surface area contributed by atoms with Gasteiger partial charge in [-0.15, -0.1) is 11.5 Å². The van der Waals surface area contributed by atoms with Gasteiger partial charge in [-0.3, -0.25) is 33.6 Å². The first kappa shape index (κ1) is 71.7. The fourth-order valence-corrected chi connectivity index (χ4v) is 13.9. The van der Waals surface area contributed by atoms with Gasteiger partial charge in [0.1, 0.15) is 60.7 Å². The number of terminal acetylenes is 1. The maximum Gasteiger partial charge on any atom is 0.410 e. The van der Waals surface area contributed by atoms with Crippen LogP contribution in [0.3, 0.4) is 0 Å². The van der Waals surface area contributed by atoms with Crippen LogP contribution in [-0.2, 0) is 69.3 Å². The van der Waals surface area contributed by atoms with Gasteiger partial charge in [0, 0.05) is 44.3 Å². The number of sulfonamides is 1. The van der Waals surface area contributed by atoms with Crippen LogP contribution in [0.2, 0.25) is 0 Å². The van der Waals surface area contributed by atoms with Crippen LogP contribution in [0, 0.1) is 23.7 Å². The number of carbonyl (C=O) groups is 7. The number of rotatable bonds is 27. The minimum Gasteiger partial charge on any atom is -0.487 e. The fourth-order valence-electron chi connectivity index (χ4n) is 12.5. The molecule has 0 bridgehead atoms. The van der Waals surface area contributed by atoms with Crippen LogP contribution in [0.4, 0.5) is 9.59 Å². The van der Waals surface area contributed by atoms with E-state index in [0.717, 1.165) is 43.5 Å². The van der Waals surface area contributed by atoms with Gasteiger partial charge in [0.2, 0.25) is 33.7 Å². The topological polar surface area (TPSA) is 276 Å². The van der Waals surface area contributed by atoms with Gasteiger partial charge in [0.15, 0.2) is 5.78 Å². The number of ketones is 1.